The molecule has 2 unspecified atom stereocenters. The molecule has 0 spiro atoms. The molecule has 0 aliphatic carbocycles. The molecule has 0 bridgehead atoms. The van der Waals surface area contributed by atoms with Crippen LogP contribution in [-0.2, 0) is 41.5 Å². The molecule has 0 fully saturated rings. The van der Waals surface area contributed by atoms with Gasteiger partial charge in [0.15, 0.2) is 0 Å². The quantitative estimate of drug-likeness (QED) is 0.239. The number of rotatable bonds is 11. The lowest BCUT2D eigenvalue weighted by Crippen LogP contribution is -2.36. The van der Waals surface area contributed by atoms with E-state index in [0.29, 0.717) is 11.5 Å². The highest BCUT2D eigenvalue weighted by Crippen LogP contribution is 2.21. The Morgan fingerprint density at radius 1 is 0.600 bits per heavy atom. The molecule has 0 amide bonds. The number of esters is 4. The first-order valence-electron chi connectivity index (χ1n) is 13.0. The first-order valence-corrected chi connectivity index (χ1v) is 13.0. The van der Waals surface area contributed by atoms with Crippen LogP contribution in [0.15, 0.2) is 48.5 Å². The van der Waals surface area contributed by atoms with E-state index in [-0.39, 0.29) is 38.0 Å². The molecule has 0 aliphatic heterocycles. The van der Waals surface area contributed by atoms with Crippen LogP contribution in [0.2, 0.25) is 0 Å². The predicted molar refractivity (Wildman–Crippen MR) is 148 cm³/mol. The van der Waals surface area contributed by atoms with Crippen LogP contribution >= 0.6 is 0 Å². The summed E-state index contributed by atoms with van der Waals surface area (Å²) < 4.78 is 20.9. The molecule has 0 aliphatic rings. The summed E-state index contributed by atoms with van der Waals surface area (Å²) in [5.41, 5.74) is 12.2. The van der Waals surface area contributed by atoms with E-state index in [1.54, 1.807) is 90.1 Å². The summed E-state index contributed by atoms with van der Waals surface area (Å²) in [5, 5.41) is 0. The molecule has 2 rings (SSSR count). The van der Waals surface area contributed by atoms with Gasteiger partial charge in [0, 0.05) is 0 Å². The Bertz CT molecular complexity index is 1070. The van der Waals surface area contributed by atoms with Crippen LogP contribution in [0.3, 0.4) is 0 Å². The van der Waals surface area contributed by atoms with Crippen LogP contribution in [-0.4, -0.2) is 49.2 Å². The molecule has 0 radical (unpaired) electrons. The van der Waals surface area contributed by atoms with E-state index < -0.39 is 34.9 Å². The van der Waals surface area contributed by atoms with Crippen molar-refractivity contribution in [1.82, 2.24) is 0 Å². The fourth-order valence-electron chi connectivity index (χ4n) is 3.08. The Morgan fingerprint density at radius 2 is 0.900 bits per heavy atom. The summed E-state index contributed by atoms with van der Waals surface area (Å²) in [4.78, 5) is 48.4. The minimum absolute atomic E-state index is 0.166. The highest BCUT2D eigenvalue weighted by molar-refractivity contribution is 5.79. The van der Waals surface area contributed by atoms with E-state index in [2.05, 4.69) is 0 Å². The predicted octanol–water partition coefficient (Wildman–Crippen LogP) is 3.12. The average molecular weight is 557 g/mol. The Kier molecular flexibility index (Phi) is 11.4. The van der Waals surface area contributed by atoms with Crippen molar-refractivity contribution in [3.63, 3.8) is 0 Å². The van der Waals surface area contributed by atoms with Gasteiger partial charge in [-0.05, 0) is 89.8 Å². The zero-order valence-electron chi connectivity index (χ0n) is 24.0. The molecule has 10 nitrogen and oxygen atoms in total. The first kappa shape index (κ1) is 32.5. The number of hydrogen-bond acceptors (Lipinski definition) is 10. The lowest BCUT2D eigenvalue weighted by atomic mass is 9.97. The number of benzene rings is 2. The van der Waals surface area contributed by atoms with Crippen molar-refractivity contribution >= 4 is 23.9 Å². The van der Waals surface area contributed by atoms with Gasteiger partial charge in [-0.1, -0.05) is 24.3 Å². The third-order valence-electron chi connectivity index (χ3n) is 5.58. The van der Waals surface area contributed by atoms with Crippen LogP contribution in [0.1, 0.15) is 52.7 Å². The highest BCUT2D eigenvalue weighted by atomic mass is 16.6. The molecule has 0 saturated heterocycles. The molecule has 10 heteroatoms. The average Bonchev–Trinajstić information content (AvgIpc) is 2.87. The maximum atomic E-state index is 12.2. The van der Waals surface area contributed by atoms with Crippen molar-refractivity contribution in [3.05, 3.63) is 59.7 Å². The van der Waals surface area contributed by atoms with Crippen molar-refractivity contribution in [3.8, 4) is 11.5 Å². The van der Waals surface area contributed by atoms with Crippen molar-refractivity contribution in [2.75, 3.05) is 13.2 Å². The second-order valence-corrected chi connectivity index (χ2v) is 11.5. The van der Waals surface area contributed by atoms with Crippen molar-refractivity contribution in [1.29, 1.82) is 0 Å². The molecular formula is C30H40N2O8. The summed E-state index contributed by atoms with van der Waals surface area (Å²) in [6.07, 6.45) is 0.427. The number of hydrogen-bond donors (Lipinski definition) is 2. The molecule has 218 valence electrons. The van der Waals surface area contributed by atoms with E-state index in [1.807, 2.05) is 0 Å². The molecule has 2 atom stereocenters. The molecular weight excluding hydrogens is 516 g/mol. The zero-order valence-corrected chi connectivity index (χ0v) is 24.0. The SMILES string of the molecule is CC(C)(C)C(=O)Oc1ccc(CC(N)C(=O)OCCOC(=O)C(N)Cc2ccc(OC(=O)C(C)(C)C)cc2)cc1. The first-order chi connectivity index (χ1) is 18.6. The molecule has 2 aromatic rings. The third kappa shape index (κ3) is 10.8. The van der Waals surface area contributed by atoms with Gasteiger partial charge in [0.2, 0.25) is 0 Å². The van der Waals surface area contributed by atoms with Gasteiger partial charge < -0.3 is 30.4 Å². The number of carbonyl (C=O) groups is 4. The van der Waals surface area contributed by atoms with Crippen LogP contribution in [0.25, 0.3) is 0 Å². The van der Waals surface area contributed by atoms with Gasteiger partial charge in [0.05, 0.1) is 10.8 Å². The van der Waals surface area contributed by atoms with Crippen molar-refractivity contribution in [2.24, 2.45) is 22.3 Å². The maximum absolute atomic E-state index is 12.2. The minimum Gasteiger partial charge on any atom is -0.461 e. The summed E-state index contributed by atoms with van der Waals surface area (Å²) >= 11 is 0. The van der Waals surface area contributed by atoms with Gasteiger partial charge in [0.1, 0.15) is 36.8 Å². The van der Waals surface area contributed by atoms with E-state index in [9.17, 15) is 19.2 Å². The van der Waals surface area contributed by atoms with Crippen LogP contribution in [0, 0.1) is 10.8 Å². The second-order valence-electron chi connectivity index (χ2n) is 11.5. The molecule has 0 saturated carbocycles. The highest BCUT2D eigenvalue weighted by Gasteiger charge is 2.25. The Hall–Kier alpha value is -3.76. The molecule has 40 heavy (non-hydrogen) atoms. The zero-order chi connectivity index (χ0) is 30.1. The largest absolute Gasteiger partial charge is 0.461 e. The lowest BCUT2D eigenvalue weighted by molar-refractivity contribution is -0.153. The standard InChI is InChI=1S/C30H40N2O8/c1-29(2,3)27(35)39-21-11-7-19(8-12-21)17-23(31)25(33)37-15-16-38-26(34)24(32)18-20-9-13-22(14-10-20)40-28(36)30(4,5)6/h7-14,23-24H,15-18,31-32H2,1-6H3. The van der Waals surface area contributed by atoms with Crippen LogP contribution in [0.4, 0.5) is 0 Å². The summed E-state index contributed by atoms with van der Waals surface area (Å²) in [5.74, 6) is -1.18. The van der Waals surface area contributed by atoms with E-state index >= 15 is 0 Å². The molecule has 0 aromatic heterocycles. The summed E-state index contributed by atoms with van der Waals surface area (Å²) in [6.45, 7) is 10.3. The number of nitrogens with two attached hydrogens (primary N) is 2. The van der Waals surface area contributed by atoms with Gasteiger partial charge in [-0.25, -0.2) is 0 Å². The Labute approximate surface area is 235 Å². The lowest BCUT2D eigenvalue weighted by Gasteiger charge is -2.17. The fraction of sp³-hybridized carbons (Fsp3) is 0.467. The van der Waals surface area contributed by atoms with Crippen LogP contribution < -0.4 is 20.9 Å². The van der Waals surface area contributed by atoms with Gasteiger partial charge in [-0.3, -0.25) is 19.2 Å². The van der Waals surface area contributed by atoms with Gasteiger partial charge in [-0.15, -0.1) is 0 Å². The monoisotopic (exact) mass is 556 g/mol. The van der Waals surface area contributed by atoms with E-state index in [4.69, 9.17) is 30.4 Å². The fourth-order valence-corrected chi connectivity index (χ4v) is 3.08. The van der Waals surface area contributed by atoms with Crippen molar-refractivity contribution < 1.29 is 38.1 Å². The molecule has 2 aromatic carbocycles. The number of ether oxygens (including phenoxy) is 4. The van der Waals surface area contributed by atoms with E-state index in [0.717, 1.165) is 11.1 Å². The Morgan fingerprint density at radius 3 is 1.18 bits per heavy atom. The second kappa shape index (κ2) is 14.0. The number of carbonyl (C=O) groups excluding carboxylic acids is 4. The Balaban J connectivity index is 1.71. The maximum Gasteiger partial charge on any atom is 0.323 e. The smallest absolute Gasteiger partial charge is 0.323 e. The topological polar surface area (TPSA) is 157 Å². The molecule has 4 N–H and O–H groups in total. The van der Waals surface area contributed by atoms with Crippen LogP contribution in [0.5, 0.6) is 11.5 Å². The third-order valence-corrected chi connectivity index (χ3v) is 5.58. The van der Waals surface area contributed by atoms with E-state index in [1.165, 1.54) is 0 Å². The molecule has 0 heterocycles. The van der Waals surface area contributed by atoms with Crippen molar-refractivity contribution in [2.45, 2.75) is 66.5 Å². The summed E-state index contributed by atoms with van der Waals surface area (Å²) in [7, 11) is 0. The van der Waals surface area contributed by atoms with Gasteiger partial charge >= 0.3 is 23.9 Å². The normalized spacial score (nSPS) is 13.1. The summed E-state index contributed by atoms with van der Waals surface area (Å²) in [6, 6.07) is 11.6. The van der Waals surface area contributed by atoms with Gasteiger partial charge in [0.25, 0.3) is 0 Å². The minimum atomic E-state index is -0.924. The van der Waals surface area contributed by atoms with Gasteiger partial charge in [-0.2, -0.15) is 0 Å².